The summed E-state index contributed by atoms with van der Waals surface area (Å²) in [7, 11) is -2.84. The summed E-state index contributed by atoms with van der Waals surface area (Å²) in [5.74, 6) is 0.207. The van der Waals surface area contributed by atoms with Crippen molar-refractivity contribution in [1.29, 1.82) is 0 Å². The standard InChI is InChI=1S/C6H11N3O2S2/c1-13(10,11)4-2-3-7-6-8-5-9-12-6/h5H,2-4H2,1H3,(H,7,8,9). The maximum absolute atomic E-state index is 10.7. The van der Waals surface area contributed by atoms with Crippen LogP contribution in [0.25, 0.3) is 0 Å². The lowest BCUT2D eigenvalue weighted by Gasteiger charge is -1.99. The van der Waals surface area contributed by atoms with Gasteiger partial charge in [0.05, 0.1) is 5.75 Å². The molecule has 13 heavy (non-hydrogen) atoms. The van der Waals surface area contributed by atoms with Gasteiger partial charge in [-0.3, -0.25) is 0 Å². The number of hydrogen-bond donors (Lipinski definition) is 1. The van der Waals surface area contributed by atoms with Gasteiger partial charge >= 0.3 is 0 Å². The third-order valence-corrected chi connectivity index (χ3v) is 2.98. The van der Waals surface area contributed by atoms with E-state index in [0.29, 0.717) is 13.0 Å². The Bertz CT molecular complexity index is 333. The molecule has 0 amide bonds. The first-order chi connectivity index (χ1) is 6.08. The molecule has 1 N–H and O–H groups in total. The molecule has 1 rings (SSSR count). The van der Waals surface area contributed by atoms with E-state index in [9.17, 15) is 8.42 Å². The van der Waals surface area contributed by atoms with Gasteiger partial charge in [-0.15, -0.1) is 0 Å². The Morgan fingerprint density at radius 3 is 2.92 bits per heavy atom. The largest absolute Gasteiger partial charge is 0.360 e. The van der Waals surface area contributed by atoms with E-state index in [0.717, 1.165) is 5.13 Å². The van der Waals surface area contributed by atoms with Crippen molar-refractivity contribution in [1.82, 2.24) is 9.36 Å². The van der Waals surface area contributed by atoms with E-state index in [-0.39, 0.29) is 5.75 Å². The summed E-state index contributed by atoms with van der Waals surface area (Å²) in [6.45, 7) is 0.613. The Morgan fingerprint density at radius 1 is 1.62 bits per heavy atom. The van der Waals surface area contributed by atoms with Crippen molar-refractivity contribution in [3.63, 3.8) is 0 Å². The molecule has 0 fully saturated rings. The van der Waals surface area contributed by atoms with E-state index < -0.39 is 9.84 Å². The summed E-state index contributed by atoms with van der Waals surface area (Å²) < 4.78 is 25.3. The highest BCUT2D eigenvalue weighted by Crippen LogP contribution is 2.05. The lowest BCUT2D eigenvalue weighted by Crippen LogP contribution is -2.09. The van der Waals surface area contributed by atoms with Crippen LogP contribution in [-0.2, 0) is 9.84 Å². The number of rotatable bonds is 5. The molecule has 0 unspecified atom stereocenters. The van der Waals surface area contributed by atoms with Crippen molar-refractivity contribution in [2.45, 2.75) is 6.42 Å². The highest BCUT2D eigenvalue weighted by Gasteiger charge is 2.01. The van der Waals surface area contributed by atoms with Crippen molar-refractivity contribution >= 4 is 26.5 Å². The van der Waals surface area contributed by atoms with Crippen LogP contribution in [0.4, 0.5) is 5.13 Å². The summed E-state index contributed by atoms with van der Waals surface area (Å²) in [5, 5.41) is 3.71. The number of sulfone groups is 1. The number of nitrogens with one attached hydrogen (secondary N) is 1. The van der Waals surface area contributed by atoms with Gasteiger partial charge in [0.15, 0.2) is 0 Å². The Balaban J connectivity index is 2.16. The minimum Gasteiger partial charge on any atom is -0.360 e. The van der Waals surface area contributed by atoms with Gasteiger partial charge in [0.25, 0.3) is 0 Å². The topological polar surface area (TPSA) is 72.0 Å². The second-order valence-corrected chi connectivity index (χ2v) is 5.70. The molecular formula is C6H11N3O2S2. The zero-order valence-corrected chi connectivity index (χ0v) is 8.86. The number of anilines is 1. The molecule has 0 radical (unpaired) electrons. The maximum Gasteiger partial charge on any atom is 0.202 e. The van der Waals surface area contributed by atoms with E-state index in [1.54, 1.807) is 0 Å². The van der Waals surface area contributed by atoms with Crippen molar-refractivity contribution in [2.24, 2.45) is 0 Å². The van der Waals surface area contributed by atoms with Crippen LogP contribution in [0, 0.1) is 0 Å². The van der Waals surface area contributed by atoms with Crippen molar-refractivity contribution in [3.05, 3.63) is 6.33 Å². The van der Waals surface area contributed by atoms with Crippen LogP contribution in [0.1, 0.15) is 6.42 Å². The monoisotopic (exact) mass is 221 g/mol. The third kappa shape index (κ3) is 4.79. The Labute approximate surface area is 81.3 Å². The smallest absolute Gasteiger partial charge is 0.202 e. The third-order valence-electron chi connectivity index (χ3n) is 1.33. The fraction of sp³-hybridized carbons (Fsp3) is 0.667. The van der Waals surface area contributed by atoms with E-state index in [1.807, 2.05) is 0 Å². The van der Waals surface area contributed by atoms with Gasteiger partial charge in [0.2, 0.25) is 5.13 Å². The maximum atomic E-state index is 10.7. The molecular weight excluding hydrogens is 210 g/mol. The lowest BCUT2D eigenvalue weighted by atomic mass is 10.5. The summed E-state index contributed by atoms with van der Waals surface area (Å²) in [6, 6.07) is 0. The van der Waals surface area contributed by atoms with Crippen molar-refractivity contribution in [2.75, 3.05) is 23.9 Å². The molecule has 0 saturated carbocycles. The van der Waals surface area contributed by atoms with E-state index in [1.165, 1.54) is 24.1 Å². The molecule has 0 aromatic carbocycles. The van der Waals surface area contributed by atoms with Crippen molar-refractivity contribution < 1.29 is 8.42 Å². The molecule has 1 aromatic heterocycles. The SMILES string of the molecule is CS(=O)(=O)CCCNc1ncns1. The highest BCUT2D eigenvalue weighted by molar-refractivity contribution is 7.90. The first kappa shape index (κ1) is 10.4. The van der Waals surface area contributed by atoms with Gasteiger partial charge < -0.3 is 5.32 Å². The summed E-state index contributed by atoms with van der Waals surface area (Å²) in [5.41, 5.74) is 0. The Hall–Kier alpha value is -0.690. The van der Waals surface area contributed by atoms with Gasteiger partial charge in [-0.25, -0.2) is 13.4 Å². The fourth-order valence-corrected chi connectivity index (χ4v) is 1.90. The molecule has 0 spiro atoms. The molecule has 7 heteroatoms. The summed E-state index contributed by atoms with van der Waals surface area (Å²) in [6.07, 6.45) is 3.29. The first-order valence-corrected chi connectivity index (χ1v) is 6.59. The predicted octanol–water partition coefficient (Wildman–Crippen LogP) is 0.385. The van der Waals surface area contributed by atoms with Gasteiger partial charge in [-0.2, -0.15) is 4.37 Å². The molecule has 0 aliphatic heterocycles. The normalized spacial score (nSPS) is 11.5. The molecule has 0 atom stereocenters. The lowest BCUT2D eigenvalue weighted by molar-refractivity contribution is 0.600. The van der Waals surface area contributed by atoms with Gasteiger partial charge in [-0.05, 0) is 6.42 Å². The second kappa shape index (κ2) is 4.52. The van der Waals surface area contributed by atoms with E-state index >= 15 is 0 Å². The molecule has 0 aliphatic rings. The molecule has 1 aromatic rings. The quantitative estimate of drug-likeness (QED) is 0.728. The first-order valence-electron chi connectivity index (χ1n) is 3.76. The number of hydrogen-bond acceptors (Lipinski definition) is 6. The number of aromatic nitrogens is 2. The van der Waals surface area contributed by atoms with Crippen LogP contribution in [0.3, 0.4) is 0 Å². The minimum absolute atomic E-state index is 0.207. The average Bonchev–Trinajstić information content (AvgIpc) is 2.48. The van der Waals surface area contributed by atoms with Gasteiger partial charge in [-0.1, -0.05) is 0 Å². The molecule has 0 saturated heterocycles. The van der Waals surface area contributed by atoms with E-state index in [4.69, 9.17) is 0 Å². The minimum atomic E-state index is -2.84. The highest BCUT2D eigenvalue weighted by atomic mass is 32.2. The predicted molar refractivity (Wildman–Crippen MR) is 52.7 cm³/mol. The molecule has 5 nitrogen and oxygen atoms in total. The number of nitrogens with zero attached hydrogens (tertiary/aromatic N) is 2. The molecule has 1 heterocycles. The molecule has 74 valence electrons. The second-order valence-electron chi connectivity index (χ2n) is 2.66. The zero-order valence-electron chi connectivity index (χ0n) is 7.23. The van der Waals surface area contributed by atoms with Crippen LogP contribution in [0.15, 0.2) is 6.33 Å². The Morgan fingerprint density at radius 2 is 2.38 bits per heavy atom. The van der Waals surface area contributed by atoms with E-state index in [2.05, 4.69) is 14.7 Å². The van der Waals surface area contributed by atoms with Crippen LogP contribution in [0.5, 0.6) is 0 Å². The van der Waals surface area contributed by atoms with Crippen LogP contribution >= 0.6 is 11.5 Å². The zero-order chi connectivity index (χ0) is 9.73. The van der Waals surface area contributed by atoms with Gasteiger partial charge in [0.1, 0.15) is 16.2 Å². The average molecular weight is 221 g/mol. The van der Waals surface area contributed by atoms with Crippen molar-refractivity contribution in [3.8, 4) is 0 Å². The molecule has 0 bridgehead atoms. The Kier molecular flexibility index (Phi) is 3.61. The van der Waals surface area contributed by atoms with Crippen LogP contribution in [-0.4, -0.2) is 36.3 Å². The van der Waals surface area contributed by atoms with Crippen LogP contribution < -0.4 is 5.32 Å². The van der Waals surface area contributed by atoms with Gasteiger partial charge in [0, 0.05) is 24.3 Å². The summed E-state index contributed by atoms with van der Waals surface area (Å²) >= 11 is 1.26. The van der Waals surface area contributed by atoms with Crippen LogP contribution in [0.2, 0.25) is 0 Å². The fourth-order valence-electron chi connectivity index (χ4n) is 0.781. The summed E-state index contributed by atoms with van der Waals surface area (Å²) in [4.78, 5) is 3.90. The molecule has 0 aliphatic carbocycles.